The number of amides is 1. The van der Waals surface area contributed by atoms with Crippen LogP contribution in [0.5, 0.6) is 5.75 Å². The highest BCUT2D eigenvalue weighted by Gasteiger charge is 2.13. The Bertz CT molecular complexity index is 698. The second-order valence-corrected chi connectivity index (χ2v) is 4.61. The van der Waals surface area contributed by atoms with Crippen LogP contribution in [0.3, 0.4) is 0 Å². The molecule has 0 aliphatic carbocycles. The largest absolute Gasteiger partial charge is 0.508 e. The van der Waals surface area contributed by atoms with Gasteiger partial charge in [-0.05, 0) is 19.1 Å². The number of aryl methyl sites for hydroxylation is 1. The lowest BCUT2D eigenvalue weighted by Crippen LogP contribution is -2.14. The van der Waals surface area contributed by atoms with Crippen molar-refractivity contribution in [2.75, 3.05) is 5.32 Å². The zero-order valence-corrected chi connectivity index (χ0v) is 11.4. The summed E-state index contributed by atoms with van der Waals surface area (Å²) in [5.74, 6) is -0.308. The number of carbonyl (C=O) groups is 1. The van der Waals surface area contributed by atoms with Gasteiger partial charge in [-0.3, -0.25) is 14.9 Å². The van der Waals surface area contributed by atoms with Crippen LogP contribution in [0.25, 0.3) is 0 Å². The number of phenols is 1. The van der Waals surface area contributed by atoms with Crippen LogP contribution in [-0.4, -0.2) is 15.9 Å². The fourth-order valence-electron chi connectivity index (χ4n) is 1.92. The number of anilines is 1. The summed E-state index contributed by atoms with van der Waals surface area (Å²) in [5, 5.41) is 23.1. The number of phenolic OH excluding ortho intramolecular Hbond substituents is 1. The topological polar surface area (TPSA) is 92.5 Å². The van der Waals surface area contributed by atoms with E-state index in [-0.39, 0.29) is 23.8 Å². The highest BCUT2D eigenvalue weighted by molar-refractivity contribution is 5.93. The smallest absolute Gasteiger partial charge is 0.274 e. The minimum Gasteiger partial charge on any atom is -0.508 e. The van der Waals surface area contributed by atoms with Gasteiger partial charge in [0.25, 0.3) is 5.69 Å². The number of carbonyl (C=O) groups excluding carboxylic acids is 1. The first-order valence-electron chi connectivity index (χ1n) is 6.29. The van der Waals surface area contributed by atoms with Gasteiger partial charge in [0, 0.05) is 22.9 Å². The number of hydrogen-bond acceptors (Lipinski definition) is 4. The maximum atomic E-state index is 11.9. The van der Waals surface area contributed by atoms with Crippen molar-refractivity contribution in [3.63, 3.8) is 0 Å². The Balaban J connectivity index is 2.12. The van der Waals surface area contributed by atoms with Crippen LogP contribution in [0.4, 0.5) is 11.4 Å². The van der Waals surface area contributed by atoms with Gasteiger partial charge >= 0.3 is 0 Å². The molecule has 0 saturated carbocycles. The molecule has 0 radical (unpaired) electrons. The predicted octanol–water partition coefficient (Wildman–Crippen LogP) is 2.79. The van der Waals surface area contributed by atoms with E-state index >= 15 is 0 Å². The number of nitrogens with zero attached hydrogens (tertiary/aromatic N) is 1. The zero-order chi connectivity index (χ0) is 15.4. The number of benzene rings is 2. The third-order valence-electron chi connectivity index (χ3n) is 3.03. The standard InChI is InChI=1S/C15H14N2O4/c1-10-6-7-12(9-13(10)17(20)21)16-15(19)8-11-4-2-3-5-14(11)18/h2-7,9,18H,8H2,1H3,(H,16,19). The molecule has 0 fully saturated rings. The van der Waals surface area contributed by atoms with Crippen LogP contribution in [-0.2, 0) is 11.2 Å². The second kappa shape index (κ2) is 6.04. The SMILES string of the molecule is Cc1ccc(NC(=O)Cc2ccccc2O)cc1[N+](=O)[O-]. The Kier molecular flexibility index (Phi) is 4.18. The summed E-state index contributed by atoms with van der Waals surface area (Å²) < 4.78 is 0. The van der Waals surface area contributed by atoms with Crippen molar-refractivity contribution in [3.05, 3.63) is 63.7 Å². The molecule has 21 heavy (non-hydrogen) atoms. The van der Waals surface area contributed by atoms with Gasteiger partial charge in [-0.2, -0.15) is 0 Å². The van der Waals surface area contributed by atoms with Gasteiger partial charge in [-0.15, -0.1) is 0 Å². The van der Waals surface area contributed by atoms with E-state index in [0.29, 0.717) is 16.8 Å². The molecule has 0 heterocycles. The Morgan fingerprint density at radius 1 is 1.29 bits per heavy atom. The van der Waals surface area contributed by atoms with E-state index in [1.54, 1.807) is 37.3 Å². The lowest BCUT2D eigenvalue weighted by Gasteiger charge is -2.07. The van der Waals surface area contributed by atoms with Crippen molar-refractivity contribution in [1.29, 1.82) is 0 Å². The summed E-state index contributed by atoms with van der Waals surface area (Å²) in [6.07, 6.45) is -0.00561. The Labute approximate surface area is 121 Å². The number of aromatic hydroxyl groups is 1. The molecule has 6 heteroatoms. The van der Waals surface area contributed by atoms with Gasteiger partial charge in [-0.1, -0.05) is 24.3 Å². The summed E-state index contributed by atoms with van der Waals surface area (Å²) >= 11 is 0. The van der Waals surface area contributed by atoms with Crippen LogP contribution < -0.4 is 5.32 Å². The zero-order valence-electron chi connectivity index (χ0n) is 11.4. The molecule has 0 bridgehead atoms. The summed E-state index contributed by atoms with van der Waals surface area (Å²) in [5.41, 5.74) is 1.33. The minimum atomic E-state index is -0.492. The number of nitrogens with one attached hydrogen (secondary N) is 1. The average molecular weight is 286 g/mol. The van der Waals surface area contributed by atoms with Crippen molar-refractivity contribution in [1.82, 2.24) is 0 Å². The van der Waals surface area contributed by atoms with Crippen LogP contribution in [0, 0.1) is 17.0 Å². The minimum absolute atomic E-state index is 0.00561. The Hall–Kier alpha value is -2.89. The molecule has 6 nitrogen and oxygen atoms in total. The van der Waals surface area contributed by atoms with Gasteiger partial charge in [0.05, 0.1) is 11.3 Å². The van der Waals surface area contributed by atoms with E-state index < -0.39 is 4.92 Å². The molecule has 2 aromatic rings. The number of rotatable bonds is 4. The molecule has 2 aromatic carbocycles. The lowest BCUT2D eigenvalue weighted by molar-refractivity contribution is -0.385. The molecule has 0 spiro atoms. The summed E-state index contributed by atoms with van der Waals surface area (Å²) in [6, 6.07) is 11.0. The lowest BCUT2D eigenvalue weighted by atomic mass is 10.1. The van der Waals surface area contributed by atoms with Crippen LogP contribution in [0.2, 0.25) is 0 Å². The first-order valence-corrected chi connectivity index (χ1v) is 6.29. The van der Waals surface area contributed by atoms with Crippen molar-refractivity contribution < 1.29 is 14.8 Å². The highest BCUT2D eigenvalue weighted by atomic mass is 16.6. The third-order valence-corrected chi connectivity index (χ3v) is 3.03. The quantitative estimate of drug-likeness (QED) is 0.667. The maximum absolute atomic E-state index is 11.9. The monoisotopic (exact) mass is 286 g/mol. The average Bonchev–Trinajstić information content (AvgIpc) is 2.43. The van der Waals surface area contributed by atoms with Crippen molar-refractivity contribution in [2.45, 2.75) is 13.3 Å². The molecular formula is C15H14N2O4. The van der Waals surface area contributed by atoms with Gasteiger partial charge < -0.3 is 10.4 Å². The second-order valence-electron chi connectivity index (χ2n) is 4.61. The maximum Gasteiger partial charge on any atom is 0.274 e. The van der Waals surface area contributed by atoms with E-state index in [9.17, 15) is 20.0 Å². The van der Waals surface area contributed by atoms with Gasteiger partial charge in [0.1, 0.15) is 5.75 Å². The van der Waals surface area contributed by atoms with E-state index in [1.807, 2.05) is 0 Å². The molecule has 0 aliphatic rings. The van der Waals surface area contributed by atoms with Crippen LogP contribution in [0.1, 0.15) is 11.1 Å². The summed E-state index contributed by atoms with van der Waals surface area (Å²) in [7, 11) is 0. The molecule has 0 aromatic heterocycles. The molecule has 0 saturated heterocycles. The molecule has 108 valence electrons. The molecule has 0 unspecified atom stereocenters. The van der Waals surface area contributed by atoms with Gasteiger partial charge in [0.15, 0.2) is 0 Å². The molecule has 2 N–H and O–H groups in total. The third kappa shape index (κ3) is 3.56. The molecule has 1 amide bonds. The molecule has 0 aliphatic heterocycles. The summed E-state index contributed by atoms with van der Waals surface area (Å²) in [4.78, 5) is 22.3. The van der Waals surface area contributed by atoms with E-state index in [0.717, 1.165) is 0 Å². The number of nitro benzene ring substituents is 1. The van der Waals surface area contributed by atoms with Crippen molar-refractivity contribution in [3.8, 4) is 5.75 Å². The normalized spacial score (nSPS) is 10.1. The highest BCUT2D eigenvalue weighted by Crippen LogP contribution is 2.23. The van der Waals surface area contributed by atoms with Crippen LogP contribution in [0.15, 0.2) is 42.5 Å². The number of para-hydroxylation sites is 1. The van der Waals surface area contributed by atoms with E-state index in [4.69, 9.17) is 0 Å². The van der Waals surface area contributed by atoms with Crippen LogP contribution >= 0.6 is 0 Å². The van der Waals surface area contributed by atoms with Crippen molar-refractivity contribution in [2.24, 2.45) is 0 Å². The van der Waals surface area contributed by atoms with E-state index in [1.165, 1.54) is 12.1 Å². The van der Waals surface area contributed by atoms with Gasteiger partial charge in [0.2, 0.25) is 5.91 Å². The number of hydrogen-bond donors (Lipinski definition) is 2. The Morgan fingerprint density at radius 2 is 2.00 bits per heavy atom. The van der Waals surface area contributed by atoms with Crippen molar-refractivity contribution >= 4 is 17.3 Å². The first kappa shape index (κ1) is 14.5. The fourth-order valence-corrected chi connectivity index (χ4v) is 1.92. The fraction of sp³-hybridized carbons (Fsp3) is 0.133. The number of nitro groups is 1. The predicted molar refractivity (Wildman–Crippen MR) is 78.3 cm³/mol. The first-order chi connectivity index (χ1) is 9.97. The molecular weight excluding hydrogens is 272 g/mol. The molecule has 0 atom stereocenters. The summed E-state index contributed by atoms with van der Waals surface area (Å²) in [6.45, 7) is 1.63. The van der Waals surface area contributed by atoms with E-state index in [2.05, 4.69) is 5.32 Å². The molecule has 2 rings (SSSR count). The van der Waals surface area contributed by atoms with Gasteiger partial charge in [-0.25, -0.2) is 0 Å². The Morgan fingerprint density at radius 3 is 2.67 bits per heavy atom.